The van der Waals surface area contributed by atoms with Crippen molar-refractivity contribution in [3.05, 3.63) is 35.4 Å². The SMILES string of the molecule is CC(O)CC(C)(C)Cc1ccc(C(C)C)cc1. The molecule has 1 aromatic rings. The van der Waals surface area contributed by atoms with Gasteiger partial charge in [0.1, 0.15) is 0 Å². The molecule has 0 aliphatic heterocycles. The maximum Gasteiger partial charge on any atom is 0.0517 e. The van der Waals surface area contributed by atoms with Gasteiger partial charge in [-0.05, 0) is 42.2 Å². The van der Waals surface area contributed by atoms with Crippen LogP contribution in [0.3, 0.4) is 0 Å². The predicted octanol–water partition coefficient (Wildman–Crippen LogP) is 4.15. The van der Waals surface area contributed by atoms with Gasteiger partial charge in [-0.3, -0.25) is 0 Å². The fourth-order valence-electron chi connectivity index (χ4n) is 2.44. The van der Waals surface area contributed by atoms with Crippen molar-refractivity contribution in [2.75, 3.05) is 0 Å². The Hall–Kier alpha value is -0.820. The third kappa shape index (κ3) is 4.91. The molecule has 0 saturated heterocycles. The highest BCUT2D eigenvalue weighted by Gasteiger charge is 2.20. The van der Waals surface area contributed by atoms with Crippen molar-refractivity contribution >= 4 is 0 Å². The lowest BCUT2D eigenvalue weighted by atomic mass is 9.81. The summed E-state index contributed by atoms with van der Waals surface area (Å²) in [6.45, 7) is 10.7. The van der Waals surface area contributed by atoms with E-state index in [1.165, 1.54) is 11.1 Å². The molecule has 0 aromatic heterocycles. The zero-order chi connectivity index (χ0) is 13.1. The van der Waals surface area contributed by atoms with Gasteiger partial charge in [0, 0.05) is 0 Å². The molecule has 0 spiro atoms. The van der Waals surface area contributed by atoms with E-state index in [4.69, 9.17) is 0 Å². The van der Waals surface area contributed by atoms with E-state index in [0.717, 1.165) is 12.8 Å². The minimum Gasteiger partial charge on any atom is -0.393 e. The Morgan fingerprint density at radius 1 is 1.06 bits per heavy atom. The summed E-state index contributed by atoms with van der Waals surface area (Å²) in [4.78, 5) is 0. The van der Waals surface area contributed by atoms with Crippen LogP contribution < -0.4 is 0 Å². The first kappa shape index (κ1) is 14.2. The molecule has 1 atom stereocenters. The van der Waals surface area contributed by atoms with E-state index in [9.17, 15) is 5.11 Å². The second kappa shape index (κ2) is 5.68. The first-order valence-corrected chi connectivity index (χ1v) is 6.57. The number of hydrogen-bond acceptors (Lipinski definition) is 1. The standard InChI is InChI=1S/C16H26O/c1-12(2)15-8-6-14(7-9-15)11-16(4,5)10-13(3)17/h6-9,12-13,17H,10-11H2,1-5H3. The van der Waals surface area contributed by atoms with Crippen molar-refractivity contribution in [3.63, 3.8) is 0 Å². The molecule has 17 heavy (non-hydrogen) atoms. The zero-order valence-electron chi connectivity index (χ0n) is 11.8. The molecule has 1 rings (SSSR count). The molecular weight excluding hydrogens is 208 g/mol. The van der Waals surface area contributed by atoms with Crippen molar-refractivity contribution in [1.82, 2.24) is 0 Å². The van der Waals surface area contributed by atoms with Gasteiger partial charge in [0.25, 0.3) is 0 Å². The number of hydrogen-bond donors (Lipinski definition) is 1. The highest BCUT2D eigenvalue weighted by molar-refractivity contribution is 5.25. The van der Waals surface area contributed by atoms with Crippen LogP contribution in [0.2, 0.25) is 0 Å². The fraction of sp³-hybridized carbons (Fsp3) is 0.625. The van der Waals surface area contributed by atoms with E-state index in [0.29, 0.717) is 5.92 Å². The Balaban J connectivity index is 2.68. The van der Waals surface area contributed by atoms with Gasteiger partial charge < -0.3 is 5.11 Å². The van der Waals surface area contributed by atoms with E-state index >= 15 is 0 Å². The highest BCUT2D eigenvalue weighted by atomic mass is 16.3. The van der Waals surface area contributed by atoms with Crippen LogP contribution in [0.15, 0.2) is 24.3 Å². The van der Waals surface area contributed by atoms with E-state index < -0.39 is 0 Å². The summed E-state index contributed by atoms with van der Waals surface area (Å²) in [7, 11) is 0. The van der Waals surface area contributed by atoms with E-state index in [1.807, 2.05) is 6.92 Å². The molecule has 1 nitrogen and oxygen atoms in total. The maximum atomic E-state index is 9.48. The largest absolute Gasteiger partial charge is 0.393 e. The molecule has 0 saturated carbocycles. The lowest BCUT2D eigenvalue weighted by molar-refractivity contribution is 0.129. The molecular formula is C16H26O. The van der Waals surface area contributed by atoms with Gasteiger partial charge in [-0.1, -0.05) is 52.0 Å². The average Bonchev–Trinajstić information content (AvgIpc) is 2.15. The van der Waals surface area contributed by atoms with Crippen LogP contribution in [0, 0.1) is 5.41 Å². The summed E-state index contributed by atoms with van der Waals surface area (Å²) in [5, 5.41) is 9.48. The van der Waals surface area contributed by atoms with Crippen LogP contribution in [0.25, 0.3) is 0 Å². The Labute approximate surface area is 106 Å². The third-order valence-electron chi connectivity index (χ3n) is 3.18. The molecule has 1 aromatic carbocycles. The molecule has 1 heteroatoms. The van der Waals surface area contributed by atoms with Crippen LogP contribution in [0.5, 0.6) is 0 Å². The monoisotopic (exact) mass is 234 g/mol. The quantitative estimate of drug-likeness (QED) is 0.811. The van der Waals surface area contributed by atoms with Crippen molar-refractivity contribution in [2.24, 2.45) is 5.41 Å². The first-order chi connectivity index (χ1) is 7.80. The fourth-order valence-corrected chi connectivity index (χ4v) is 2.44. The maximum absolute atomic E-state index is 9.48. The van der Waals surface area contributed by atoms with Gasteiger partial charge in [0.05, 0.1) is 6.10 Å². The minimum atomic E-state index is -0.222. The molecule has 1 N–H and O–H groups in total. The molecule has 0 fully saturated rings. The van der Waals surface area contributed by atoms with Gasteiger partial charge in [-0.15, -0.1) is 0 Å². The molecule has 96 valence electrons. The Bertz CT molecular complexity index is 333. The third-order valence-corrected chi connectivity index (χ3v) is 3.18. The Kier molecular flexibility index (Phi) is 4.76. The Morgan fingerprint density at radius 2 is 1.59 bits per heavy atom. The second-order valence-corrected chi connectivity index (χ2v) is 6.29. The van der Waals surface area contributed by atoms with Gasteiger partial charge in [-0.25, -0.2) is 0 Å². The second-order valence-electron chi connectivity index (χ2n) is 6.29. The summed E-state index contributed by atoms with van der Waals surface area (Å²) in [6, 6.07) is 8.88. The smallest absolute Gasteiger partial charge is 0.0517 e. The Morgan fingerprint density at radius 3 is 2.00 bits per heavy atom. The van der Waals surface area contributed by atoms with E-state index in [1.54, 1.807) is 0 Å². The van der Waals surface area contributed by atoms with Crippen LogP contribution in [-0.2, 0) is 6.42 Å². The highest BCUT2D eigenvalue weighted by Crippen LogP contribution is 2.28. The van der Waals surface area contributed by atoms with Gasteiger partial charge in [0.15, 0.2) is 0 Å². The number of benzene rings is 1. The van der Waals surface area contributed by atoms with Gasteiger partial charge >= 0.3 is 0 Å². The van der Waals surface area contributed by atoms with Crippen LogP contribution in [0.4, 0.5) is 0 Å². The summed E-state index contributed by atoms with van der Waals surface area (Å²) in [6.07, 6.45) is 1.65. The summed E-state index contributed by atoms with van der Waals surface area (Å²) in [5.74, 6) is 0.592. The molecule has 0 aliphatic carbocycles. The van der Waals surface area contributed by atoms with Gasteiger partial charge in [0.2, 0.25) is 0 Å². The average molecular weight is 234 g/mol. The zero-order valence-corrected chi connectivity index (χ0v) is 11.8. The lowest BCUT2D eigenvalue weighted by Gasteiger charge is -2.26. The van der Waals surface area contributed by atoms with Crippen molar-refractivity contribution in [3.8, 4) is 0 Å². The predicted molar refractivity (Wildman–Crippen MR) is 74.3 cm³/mol. The van der Waals surface area contributed by atoms with E-state index in [2.05, 4.69) is 52.0 Å². The van der Waals surface area contributed by atoms with Crippen molar-refractivity contribution in [2.45, 2.75) is 59.5 Å². The summed E-state index contributed by atoms with van der Waals surface area (Å²) >= 11 is 0. The number of rotatable bonds is 5. The number of aliphatic hydroxyl groups is 1. The minimum absolute atomic E-state index is 0.160. The van der Waals surface area contributed by atoms with Crippen LogP contribution >= 0.6 is 0 Å². The van der Waals surface area contributed by atoms with E-state index in [-0.39, 0.29) is 11.5 Å². The van der Waals surface area contributed by atoms with Gasteiger partial charge in [-0.2, -0.15) is 0 Å². The van der Waals surface area contributed by atoms with Crippen molar-refractivity contribution < 1.29 is 5.11 Å². The van der Waals surface area contributed by atoms with Crippen LogP contribution in [-0.4, -0.2) is 11.2 Å². The summed E-state index contributed by atoms with van der Waals surface area (Å²) in [5.41, 5.74) is 2.91. The molecule has 1 unspecified atom stereocenters. The first-order valence-electron chi connectivity index (χ1n) is 6.57. The summed E-state index contributed by atoms with van der Waals surface area (Å²) < 4.78 is 0. The lowest BCUT2D eigenvalue weighted by Crippen LogP contribution is -2.21. The van der Waals surface area contributed by atoms with Crippen molar-refractivity contribution in [1.29, 1.82) is 0 Å². The molecule has 0 bridgehead atoms. The van der Waals surface area contributed by atoms with Crippen LogP contribution in [0.1, 0.15) is 58.1 Å². The normalized spacial score (nSPS) is 14.1. The molecule has 0 amide bonds. The topological polar surface area (TPSA) is 20.2 Å². The number of aliphatic hydroxyl groups excluding tert-OH is 1. The molecule has 0 heterocycles. The molecule has 0 radical (unpaired) electrons. The molecule has 0 aliphatic rings.